The fourth-order valence-electron chi connectivity index (χ4n) is 1.96. The van der Waals surface area contributed by atoms with E-state index in [1.165, 1.54) is 0 Å². The molecule has 0 unspecified atom stereocenters. The van der Waals surface area contributed by atoms with Crippen molar-refractivity contribution in [2.24, 2.45) is 0 Å². The van der Waals surface area contributed by atoms with E-state index in [1.54, 1.807) is 0 Å². The van der Waals surface area contributed by atoms with Gasteiger partial charge in [0.05, 0.1) is 15.6 Å². The SMILES string of the molecule is C[Si](C)Oc1cc(Cl)c(C#C[Si](C)(C)C)c(Cl)c1C(C)(C)C. The van der Waals surface area contributed by atoms with E-state index in [-0.39, 0.29) is 5.41 Å². The van der Waals surface area contributed by atoms with Crippen molar-refractivity contribution in [1.82, 2.24) is 0 Å². The van der Waals surface area contributed by atoms with Crippen LogP contribution in [0.4, 0.5) is 0 Å². The minimum Gasteiger partial charge on any atom is -0.542 e. The predicted octanol–water partition coefficient (Wildman–Crippen LogP) is 6.15. The molecule has 1 rings (SSSR count). The van der Waals surface area contributed by atoms with Crippen molar-refractivity contribution in [3.05, 3.63) is 27.2 Å². The molecule has 0 aliphatic carbocycles. The lowest BCUT2D eigenvalue weighted by molar-refractivity contribution is 0.520. The largest absolute Gasteiger partial charge is 0.542 e. The third kappa shape index (κ3) is 5.35. The molecular weight excluding hydrogens is 347 g/mol. The lowest BCUT2D eigenvalue weighted by Gasteiger charge is -2.26. The Balaban J connectivity index is 3.60. The van der Waals surface area contributed by atoms with Crippen molar-refractivity contribution in [3.63, 3.8) is 0 Å². The second-order valence-electron chi connectivity index (χ2n) is 7.68. The molecule has 0 amide bonds. The fourth-order valence-corrected chi connectivity index (χ4v) is 3.88. The van der Waals surface area contributed by atoms with Crippen molar-refractivity contribution in [2.75, 3.05) is 0 Å². The number of benzene rings is 1. The summed E-state index contributed by atoms with van der Waals surface area (Å²) < 4.78 is 6.03. The molecule has 22 heavy (non-hydrogen) atoms. The van der Waals surface area contributed by atoms with Crippen molar-refractivity contribution >= 4 is 40.3 Å². The lowest BCUT2D eigenvalue weighted by atomic mass is 9.85. The Hall–Kier alpha value is -0.406. The molecule has 121 valence electrons. The lowest BCUT2D eigenvalue weighted by Crippen LogP contribution is -2.19. The van der Waals surface area contributed by atoms with Gasteiger partial charge in [-0.2, -0.15) is 0 Å². The third-order valence-corrected chi connectivity index (χ3v) is 4.99. The summed E-state index contributed by atoms with van der Waals surface area (Å²) in [6.45, 7) is 17.2. The molecular formula is C17H25Cl2OSi2. The number of hydrogen-bond donors (Lipinski definition) is 0. The molecule has 1 radical (unpaired) electrons. The quantitative estimate of drug-likeness (QED) is 0.447. The van der Waals surface area contributed by atoms with Crippen molar-refractivity contribution in [1.29, 1.82) is 0 Å². The summed E-state index contributed by atoms with van der Waals surface area (Å²) in [6.07, 6.45) is 0. The third-order valence-electron chi connectivity index (χ3n) is 2.81. The van der Waals surface area contributed by atoms with Crippen LogP contribution in [0.3, 0.4) is 0 Å². The number of halogens is 2. The van der Waals surface area contributed by atoms with E-state index in [1.807, 2.05) is 6.07 Å². The first-order valence-corrected chi connectivity index (χ1v) is 14.0. The molecule has 1 aromatic carbocycles. The predicted molar refractivity (Wildman–Crippen MR) is 103 cm³/mol. The Morgan fingerprint density at radius 2 is 1.68 bits per heavy atom. The van der Waals surface area contributed by atoms with Crippen molar-refractivity contribution in [3.8, 4) is 17.2 Å². The zero-order valence-corrected chi connectivity index (χ0v) is 18.3. The molecule has 0 atom stereocenters. The molecule has 0 aliphatic rings. The van der Waals surface area contributed by atoms with E-state index in [9.17, 15) is 0 Å². The number of hydrogen-bond acceptors (Lipinski definition) is 1. The molecule has 1 aromatic rings. The maximum absolute atomic E-state index is 6.68. The van der Waals surface area contributed by atoms with E-state index >= 15 is 0 Å². The molecule has 0 aliphatic heterocycles. The summed E-state index contributed by atoms with van der Waals surface area (Å²) in [5, 5.41) is 1.20. The number of rotatable bonds is 2. The highest BCUT2D eigenvalue weighted by molar-refractivity contribution is 6.83. The first-order valence-electron chi connectivity index (χ1n) is 7.36. The van der Waals surface area contributed by atoms with Crippen LogP contribution in [-0.2, 0) is 5.41 Å². The van der Waals surface area contributed by atoms with Gasteiger partial charge >= 0.3 is 0 Å². The van der Waals surface area contributed by atoms with Crippen LogP contribution in [0.15, 0.2) is 6.07 Å². The van der Waals surface area contributed by atoms with Crippen LogP contribution in [0.5, 0.6) is 5.75 Å². The highest BCUT2D eigenvalue weighted by Crippen LogP contribution is 2.42. The van der Waals surface area contributed by atoms with Gasteiger partial charge in [0.1, 0.15) is 13.8 Å². The Morgan fingerprint density at radius 1 is 1.14 bits per heavy atom. The van der Waals surface area contributed by atoms with E-state index in [0.717, 1.165) is 16.9 Å². The highest BCUT2D eigenvalue weighted by atomic mass is 35.5. The fraction of sp³-hybridized carbons (Fsp3) is 0.529. The van der Waals surface area contributed by atoms with Crippen molar-refractivity contribution in [2.45, 2.75) is 58.9 Å². The van der Waals surface area contributed by atoms with Gasteiger partial charge in [0.25, 0.3) is 9.04 Å². The van der Waals surface area contributed by atoms with Gasteiger partial charge in [-0.15, -0.1) is 5.54 Å². The average Bonchev–Trinajstić information content (AvgIpc) is 2.23. The highest BCUT2D eigenvalue weighted by Gasteiger charge is 2.26. The van der Waals surface area contributed by atoms with Gasteiger partial charge in [-0.05, 0) is 24.6 Å². The summed E-state index contributed by atoms with van der Waals surface area (Å²) in [7, 11) is -2.39. The normalized spacial score (nSPS) is 12.1. The maximum atomic E-state index is 6.68. The summed E-state index contributed by atoms with van der Waals surface area (Å²) in [5.41, 5.74) is 4.93. The minimum absolute atomic E-state index is 0.135. The molecule has 0 fully saturated rings. The van der Waals surface area contributed by atoms with Crippen LogP contribution in [0.1, 0.15) is 31.9 Å². The van der Waals surface area contributed by atoms with Crippen LogP contribution >= 0.6 is 23.2 Å². The van der Waals surface area contributed by atoms with Gasteiger partial charge in [0.2, 0.25) is 0 Å². The van der Waals surface area contributed by atoms with Crippen LogP contribution in [-0.4, -0.2) is 17.1 Å². The Morgan fingerprint density at radius 3 is 2.09 bits per heavy atom. The van der Waals surface area contributed by atoms with Crippen molar-refractivity contribution < 1.29 is 4.43 Å². The summed E-state index contributed by atoms with van der Waals surface area (Å²) in [4.78, 5) is 0. The Bertz CT molecular complexity index is 615. The van der Waals surface area contributed by atoms with Gasteiger partial charge in [-0.3, -0.25) is 0 Å². The second-order valence-corrected chi connectivity index (χ2v) is 15.2. The van der Waals surface area contributed by atoms with Crippen LogP contribution in [0.25, 0.3) is 0 Å². The zero-order valence-electron chi connectivity index (χ0n) is 14.7. The van der Waals surface area contributed by atoms with E-state index in [2.05, 4.69) is 65.0 Å². The van der Waals surface area contributed by atoms with Gasteiger partial charge < -0.3 is 4.43 Å². The molecule has 0 saturated carbocycles. The van der Waals surface area contributed by atoms with Crippen LogP contribution in [0.2, 0.25) is 42.8 Å². The molecule has 1 nitrogen and oxygen atoms in total. The Kier molecular flexibility index (Phi) is 6.25. The molecule has 0 saturated heterocycles. The molecule has 0 bridgehead atoms. The molecule has 0 aromatic heterocycles. The molecule has 0 heterocycles. The Labute approximate surface area is 148 Å². The topological polar surface area (TPSA) is 9.23 Å². The monoisotopic (exact) mass is 371 g/mol. The molecule has 5 heteroatoms. The van der Waals surface area contributed by atoms with Gasteiger partial charge in [-0.25, -0.2) is 0 Å². The minimum atomic E-state index is -1.49. The van der Waals surface area contributed by atoms with Gasteiger partial charge in [0.15, 0.2) is 0 Å². The second kappa shape index (κ2) is 7.01. The van der Waals surface area contributed by atoms with E-state index in [0.29, 0.717) is 10.0 Å². The van der Waals surface area contributed by atoms with Gasteiger partial charge in [-0.1, -0.05) is 69.5 Å². The molecule has 0 spiro atoms. The molecule has 0 N–H and O–H groups in total. The van der Waals surface area contributed by atoms with Gasteiger partial charge in [0, 0.05) is 5.56 Å². The summed E-state index contributed by atoms with van der Waals surface area (Å²) in [5.74, 6) is 4.01. The summed E-state index contributed by atoms with van der Waals surface area (Å²) in [6, 6.07) is 1.87. The summed E-state index contributed by atoms with van der Waals surface area (Å²) >= 11 is 13.1. The van der Waals surface area contributed by atoms with Crippen LogP contribution < -0.4 is 4.43 Å². The van der Waals surface area contributed by atoms with Crippen LogP contribution in [0, 0.1) is 11.5 Å². The van der Waals surface area contributed by atoms with E-state index in [4.69, 9.17) is 27.6 Å². The first kappa shape index (κ1) is 19.6. The first-order chi connectivity index (χ1) is 9.83. The van der Waals surface area contributed by atoms with E-state index < -0.39 is 17.1 Å². The zero-order chi connectivity index (χ0) is 17.3. The standard InChI is InChI=1S/C17H25Cl2OSi2/c1-17(2,3)15-14(20-21(4)5)11-13(18)12(16(15)19)9-10-22(6,7)8/h11H,1-8H3. The maximum Gasteiger partial charge on any atom is 0.274 e. The smallest absolute Gasteiger partial charge is 0.274 e. The average molecular weight is 372 g/mol.